The van der Waals surface area contributed by atoms with E-state index in [0.717, 1.165) is 0 Å². The Labute approximate surface area is 147 Å². The predicted molar refractivity (Wildman–Crippen MR) is 90.2 cm³/mol. The minimum absolute atomic E-state index is 0.137. The number of carbonyl (C=O) groups excluding carboxylic acids is 2. The average molecular weight is 351 g/mol. The summed E-state index contributed by atoms with van der Waals surface area (Å²) < 4.78 is 15.7. The van der Waals surface area contributed by atoms with Crippen LogP contribution in [0.15, 0.2) is 24.3 Å². The zero-order valence-corrected chi connectivity index (χ0v) is 15.0. The van der Waals surface area contributed by atoms with E-state index in [0.29, 0.717) is 24.3 Å². The summed E-state index contributed by atoms with van der Waals surface area (Å²) in [4.78, 5) is 25.5. The quantitative estimate of drug-likeness (QED) is 0.806. The normalized spacial score (nSPS) is 21.0. The Balaban J connectivity index is 1.96. The fourth-order valence-electron chi connectivity index (χ4n) is 2.60. The summed E-state index contributed by atoms with van der Waals surface area (Å²) in [6.07, 6.45) is -0.276. The molecule has 1 heterocycles. The van der Waals surface area contributed by atoms with E-state index < -0.39 is 23.7 Å². The lowest BCUT2D eigenvalue weighted by Crippen LogP contribution is -2.42. The van der Waals surface area contributed by atoms with Gasteiger partial charge < -0.3 is 19.3 Å². The first-order valence-electron chi connectivity index (χ1n) is 8.16. The van der Waals surface area contributed by atoms with Gasteiger partial charge in [0.2, 0.25) is 0 Å². The third-order valence-corrected chi connectivity index (χ3v) is 3.73. The Bertz CT molecular complexity index is 607. The van der Waals surface area contributed by atoms with E-state index in [9.17, 15) is 14.7 Å². The van der Waals surface area contributed by atoms with Gasteiger partial charge >= 0.3 is 11.9 Å². The first-order valence-corrected chi connectivity index (χ1v) is 8.16. The molecule has 1 aromatic carbocycles. The molecule has 0 radical (unpaired) electrons. The van der Waals surface area contributed by atoms with Crippen LogP contribution in [0.2, 0.25) is 0 Å². The largest absolute Gasteiger partial charge is 0.478 e. The third-order valence-electron chi connectivity index (χ3n) is 3.73. The van der Waals surface area contributed by atoms with Crippen molar-refractivity contribution in [1.29, 1.82) is 0 Å². The molecule has 0 unspecified atom stereocenters. The lowest BCUT2D eigenvalue weighted by Gasteiger charge is -2.27. The maximum atomic E-state index is 12.3. The molecule has 1 fully saturated rings. The zero-order chi connectivity index (χ0) is 18.6. The van der Waals surface area contributed by atoms with Crippen molar-refractivity contribution in [2.24, 2.45) is 0 Å². The molecule has 0 aliphatic carbocycles. The zero-order valence-electron chi connectivity index (χ0n) is 15.0. The molecule has 138 valence electrons. The van der Waals surface area contributed by atoms with E-state index in [-0.39, 0.29) is 12.7 Å². The van der Waals surface area contributed by atoms with E-state index in [1.165, 1.54) is 7.11 Å². The Morgan fingerprint density at radius 3 is 2.44 bits per heavy atom. The number of carbonyl (C=O) groups is 2. The lowest BCUT2D eigenvalue weighted by molar-refractivity contribution is -0.161. The van der Waals surface area contributed by atoms with Gasteiger partial charge in [-0.2, -0.15) is 0 Å². The van der Waals surface area contributed by atoms with Crippen LogP contribution >= 0.6 is 0 Å². The molecule has 1 aliphatic rings. The van der Waals surface area contributed by atoms with Crippen molar-refractivity contribution < 1.29 is 28.9 Å². The number of rotatable bonds is 5. The van der Waals surface area contributed by atoms with Crippen LogP contribution in [0.3, 0.4) is 0 Å². The van der Waals surface area contributed by atoms with Gasteiger partial charge in [-0.25, -0.2) is 4.79 Å². The van der Waals surface area contributed by atoms with Crippen LogP contribution in [0.1, 0.15) is 37.6 Å². The van der Waals surface area contributed by atoms with Crippen molar-refractivity contribution in [3.05, 3.63) is 29.8 Å². The number of benzene rings is 1. The van der Waals surface area contributed by atoms with E-state index >= 15 is 0 Å². The van der Waals surface area contributed by atoms with Crippen LogP contribution in [0.4, 0.5) is 0 Å². The van der Waals surface area contributed by atoms with Crippen LogP contribution in [0, 0.1) is 0 Å². The van der Waals surface area contributed by atoms with Crippen LogP contribution < -0.4 is 4.74 Å². The summed E-state index contributed by atoms with van der Waals surface area (Å²) in [5, 5.41) is 9.88. The van der Waals surface area contributed by atoms with Gasteiger partial charge in [-0.15, -0.1) is 0 Å². The molecule has 1 N–H and O–H groups in total. The lowest BCUT2D eigenvalue weighted by atomic mass is 10.1. The van der Waals surface area contributed by atoms with E-state index in [1.807, 2.05) is 0 Å². The SMILES string of the molecule is COC(=O)c1ccc(OCN2C[C@@H](O)C[C@H]2C(=O)OC(C)(C)C)cc1. The maximum Gasteiger partial charge on any atom is 0.337 e. The standard InChI is InChI=1S/C18H25NO6/c1-18(2,3)25-17(22)15-9-13(20)10-19(15)11-24-14-7-5-12(6-8-14)16(21)23-4/h5-8,13,15,20H,9-11H2,1-4H3/t13-,15-/m0/s1. The molecule has 1 saturated heterocycles. The second-order valence-corrected chi connectivity index (χ2v) is 7.00. The number of hydrogen-bond donors (Lipinski definition) is 1. The highest BCUT2D eigenvalue weighted by Crippen LogP contribution is 2.22. The van der Waals surface area contributed by atoms with Crippen molar-refractivity contribution in [1.82, 2.24) is 4.90 Å². The van der Waals surface area contributed by atoms with E-state index in [1.54, 1.807) is 49.9 Å². The monoisotopic (exact) mass is 351 g/mol. The Kier molecular flexibility index (Phi) is 6.02. The summed E-state index contributed by atoms with van der Waals surface area (Å²) >= 11 is 0. The first-order chi connectivity index (χ1) is 11.7. The number of ether oxygens (including phenoxy) is 3. The third kappa shape index (κ3) is 5.44. The first kappa shape index (κ1) is 19.2. The smallest absolute Gasteiger partial charge is 0.337 e. The molecule has 0 spiro atoms. The molecule has 0 bridgehead atoms. The molecule has 2 atom stereocenters. The summed E-state index contributed by atoms with van der Waals surface area (Å²) in [6.45, 7) is 5.89. The van der Waals surface area contributed by atoms with E-state index in [2.05, 4.69) is 4.74 Å². The van der Waals surface area contributed by atoms with E-state index in [4.69, 9.17) is 9.47 Å². The second kappa shape index (κ2) is 7.84. The van der Waals surface area contributed by atoms with Crippen molar-refractivity contribution >= 4 is 11.9 Å². The van der Waals surface area contributed by atoms with Crippen LogP contribution in [0.5, 0.6) is 5.75 Å². The summed E-state index contributed by atoms with van der Waals surface area (Å²) in [7, 11) is 1.32. The van der Waals surface area contributed by atoms with Gasteiger partial charge in [-0.1, -0.05) is 0 Å². The predicted octanol–water partition coefficient (Wildman–Crippen LogP) is 1.59. The summed E-state index contributed by atoms with van der Waals surface area (Å²) in [6, 6.07) is 5.97. The number of nitrogens with zero attached hydrogens (tertiary/aromatic N) is 1. The van der Waals surface area contributed by atoms with Crippen LogP contribution in [0.25, 0.3) is 0 Å². The molecule has 1 aromatic rings. The summed E-state index contributed by atoms with van der Waals surface area (Å²) in [5.74, 6) is -0.232. The molecule has 1 aliphatic heterocycles. The molecular weight excluding hydrogens is 326 g/mol. The molecule has 25 heavy (non-hydrogen) atoms. The van der Waals surface area contributed by atoms with Gasteiger partial charge in [0, 0.05) is 13.0 Å². The van der Waals surface area contributed by atoms with Gasteiger partial charge in [0.25, 0.3) is 0 Å². The molecule has 7 nitrogen and oxygen atoms in total. The number of esters is 2. The van der Waals surface area contributed by atoms with Gasteiger partial charge in [0.1, 0.15) is 24.1 Å². The van der Waals surface area contributed by atoms with Gasteiger partial charge in [-0.05, 0) is 45.0 Å². The van der Waals surface area contributed by atoms with Crippen LogP contribution in [-0.4, -0.2) is 60.1 Å². The molecule has 0 aromatic heterocycles. The van der Waals surface area contributed by atoms with Crippen molar-refractivity contribution in [2.75, 3.05) is 20.4 Å². The van der Waals surface area contributed by atoms with Gasteiger partial charge in [0.15, 0.2) is 0 Å². The Morgan fingerprint density at radius 1 is 1.24 bits per heavy atom. The molecule has 0 amide bonds. The topological polar surface area (TPSA) is 85.3 Å². The number of likely N-dealkylation sites (tertiary alicyclic amines) is 1. The second-order valence-electron chi connectivity index (χ2n) is 7.00. The minimum atomic E-state index is -0.595. The number of hydrogen-bond acceptors (Lipinski definition) is 7. The summed E-state index contributed by atoms with van der Waals surface area (Å²) in [5.41, 5.74) is -0.154. The Morgan fingerprint density at radius 2 is 1.88 bits per heavy atom. The fourth-order valence-corrected chi connectivity index (χ4v) is 2.60. The fraction of sp³-hybridized carbons (Fsp3) is 0.556. The van der Waals surface area contributed by atoms with Crippen molar-refractivity contribution in [3.63, 3.8) is 0 Å². The highest BCUT2D eigenvalue weighted by Gasteiger charge is 2.38. The highest BCUT2D eigenvalue weighted by molar-refractivity contribution is 5.89. The van der Waals surface area contributed by atoms with Crippen molar-refractivity contribution in [3.8, 4) is 5.75 Å². The maximum absolute atomic E-state index is 12.3. The molecule has 0 saturated carbocycles. The van der Waals surface area contributed by atoms with Crippen LogP contribution in [-0.2, 0) is 14.3 Å². The molecule has 2 rings (SSSR count). The number of aliphatic hydroxyl groups is 1. The average Bonchev–Trinajstić information content (AvgIpc) is 2.92. The highest BCUT2D eigenvalue weighted by atomic mass is 16.6. The minimum Gasteiger partial charge on any atom is -0.478 e. The van der Waals surface area contributed by atoms with Gasteiger partial charge in [-0.3, -0.25) is 9.69 Å². The molecule has 7 heteroatoms. The number of methoxy groups -OCH3 is 1. The number of β-amino-alcohol motifs (C(OH)–C–C–N with tert-alkyl or cyclic N) is 1. The number of aliphatic hydroxyl groups excluding tert-OH is 1. The van der Waals surface area contributed by atoms with Crippen molar-refractivity contribution in [2.45, 2.75) is 44.9 Å². The molecular formula is C18H25NO6. The Hall–Kier alpha value is -2.12. The van der Waals surface area contributed by atoms with Gasteiger partial charge in [0.05, 0.1) is 18.8 Å².